The van der Waals surface area contributed by atoms with Gasteiger partial charge >= 0.3 is 7.12 Å². The van der Waals surface area contributed by atoms with E-state index in [1.165, 1.54) is 0 Å². The van der Waals surface area contributed by atoms with Crippen LogP contribution in [0.2, 0.25) is 0 Å². The molecule has 0 bridgehead atoms. The Morgan fingerprint density at radius 3 is 2.40 bits per heavy atom. The molecule has 2 rings (SSSR count). The molecule has 0 radical (unpaired) electrons. The Kier molecular flexibility index (Phi) is 3.71. The van der Waals surface area contributed by atoms with Crippen molar-refractivity contribution in [3.05, 3.63) is 29.8 Å². The molecule has 1 aromatic heterocycles. The standard InChI is InChI=1S/C15H22BNO3/c1-10-6-7-12-11(8-10)9-13(17-12)16(19)20-15(4,5)14(2,3)18/h6-9,17-19H,1-5H3. The van der Waals surface area contributed by atoms with Crippen molar-refractivity contribution in [2.24, 2.45) is 0 Å². The summed E-state index contributed by atoms with van der Waals surface area (Å²) in [5, 5.41) is 21.3. The SMILES string of the molecule is Cc1ccc2[nH]c(B(O)OC(C)(C)C(C)(C)O)cc2c1. The fourth-order valence-electron chi connectivity index (χ4n) is 1.89. The van der Waals surface area contributed by atoms with Crippen LogP contribution in [0.4, 0.5) is 0 Å². The van der Waals surface area contributed by atoms with E-state index in [-0.39, 0.29) is 0 Å². The number of aromatic amines is 1. The van der Waals surface area contributed by atoms with Gasteiger partial charge in [-0.15, -0.1) is 0 Å². The van der Waals surface area contributed by atoms with E-state index in [1.54, 1.807) is 27.7 Å². The highest BCUT2D eigenvalue weighted by Gasteiger charge is 2.39. The van der Waals surface area contributed by atoms with Gasteiger partial charge in [-0.25, -0.2) is 0 Å². The molecule has 2 aromatic rings. The van der Waals surface area contributed by atoms with Gasteiger partial charge in [0, 0.05) is 11.1 Å². The first-order valence-electron chi connectivity index (χ1n) is 6.78. The van der Waals surface area contributed by atoms with Crippen LogP contribution in [0.15, 0.2) is 24.3 Å². The number of aromatic nitrogens is 1. The molecule has 0 spiro atoms. The number of hydrogen-bond donors (Lipinski definition) is 3. The van der Waals surface area contributed by atoms with Gasteiger partial charge in [0.15, 0.2) is 0 Å². The first-order chi connectivity index (χ1) is 9.10. The quantitative estimate of drug-likeness (QED) is 0.744. The molecule has 0 fully saturated rings. The molecule has 0 saturated carbocycles. The highest BCUT2D eigenvalue weighted by Crippen LogP contribution is 2.25. The lowest BCUT2D eigenvalue weighted by Gasteiger charge is -2.38. The summed E-state index contributed by atoms with van der Waals surface area (Å²) < 4.78 is 5.62. The number of aliphatic hydroxyl groups is 1. The van der Waals surface area contributed by atoms with E-state index < -0.39 is 18.3 Å². The van der Waals surface area contributed by atoms with Crippen LogP contribution < -0.4 is 5.59 Å². The average molecular weight is 275 g/mol. The molecule has 0 unspecified atom stereocenters. The molecule has 5 heteroatoms. The second-order valence-corrected chi connectivity index (χ2v) is 6.35. The molecule has 0 aliphatic carbocycles. The summed E-state index contributed by atoms with van der Waals surface area (Å²) in [4.78, 5) is 3.14. The molecule has 0 amide bonds. The number of rotatable bonds is 4. The van der Waals surface area contributed by atoms with Crippen molar-refractivity contribution in [2.45, 2.75) is 45.8 Å². The average Bonchev–Trinajstić information content (AvgIpc) is 2.69. The number of nitrogens with one attached hydrogen (secondary N) is 1. The van der Waals surface area contributed by atoms with Gasteiger partial charge in [0.25, 0.3) is 0 Å². The summed E-state index contributed by atoms with van der Waals surface area (Å²) in [5.41, 5.74) is 0.767. The molecule has 0 aliphatic heterocycles. The maximum Gasteiger partial charge on any atom is 0.508 e. The predicted octanol–water partition coefficient (Wildman–Crippen LogP) is 1.73. The van der Waals surface area contributed by atoms with Crippen molar-refractivity contribution in [3.63, 3.8) is 0 Å². The third-order valence-electron chi connectivity index (χ3n) is 3.94. The van der Waals surface area contributed by atoms with Crippen molar-refractivity contribution in [1.82, 2.24) is 4.98 Å². The van der Waals surface area contributed by atoms with E-state index in [2.05, 4.69) is 4.98 Å². The number of fused-ring (bicyclic) bond motifs is 1. The molecule has 0 saturated heterocycles. The van der Waals surface area contributed by atoms with Crippen molar-refractivity contribution in [1.29, 1.82) is 0 Å². The lowest BCUT2D eigenvalue weighted by atomic mass is 9.80. The largest absolute Gasteiger partial charge is 0.508 e. The Morgan fingerprint density at radius 1 is 1.15 bits per heavy atom. The third-order valence-corrected chi connectivity index (χ3v) is 3.94. The van der Waals surface area contributed by atoms with Crippen molar-refractivity contribution in [2.75, 3.05) is 0 Å². The second kappa shape index (κ2) is 4.92. The van der Waals surface area contributed by atoms with Gasteiger partial charge in [-0.05, 0) is 58.2 Å². The van der Waals surface area contributed by atoms with Gasteiger partial charge in [0.1, 0.15) is 0 Å². The van der Waals surface area contributed by atoms with E-state index >= 15 is 0 Å². The van der Waals surface area contributed by atoms with E-state index in [0.717, 1.165) is 16.5 Å². The van der Waals surface area contributed by atoms with Gasteiger partial charge < -0.3 is 19.8 Å². The Morgan fingerprint density at radius 2 is 1.80 bits per heavy atom. The minimum Gasteiger partial charge on any atom is -0.422 e. The number of hydrogen-bond acceptors (Lipinski definition) is 3. The fourth-order valence-corrected chi connectivity index (χ4v) is 1.89. The Balaban J connectivity index is 2.25. The summed E-state index contributed by atoms with van der Waals surface area (Å²) in [5.74, 6) is 0. The summed E-state index contributed by atoms with van der Waals surface area (Å²) in [6.45, 7) is 8.85. The Hall–Kier alpha value is -1.30. The van der Waals surface area contributed by atoms with Crippen molar-refractivity contribution in [3.8, 4) is 0 Å². The van der Waals surface area contributed by atoms with Crippen LogP contribution in [0.1, 0.15) is 33.3 Å². The number of H-pyrrole nitrogens is 1. The van der Waals surface area contributed by atoms with Gasteiger partial charge in [0.2, 0.25) is 0 Å². The molecule has 108 valence electrons. The van der Waals surface area contributed by atoms with Gasteiger partial charge in [-0.1, -0.05) is 11.6 Å². The van der Waals surface area contributed by atoms with Crippen LogP contribution in [0.25, 0.3) is 10.9 Å². The number of aryl methyl sites for hydroxylation is 1. The van der Waals surface area contributed by atoms with Crippen LogP contribution >= 0.6 is 0 Å². The molecular weight excluding hydrogens is 253 g/mol. The first-order valence-corrected chi connectivity index (χ1v) is 6.78. The molecule has 4 nitrogen and oxygen atoms in total. The summed E-state index contributed by atoms with van der Waals surface area (Å²) in [7, 11) is -1.11. The maximum absolute atomic E-state index is 10.2. The van der Waals surface area contributed by atoms with Gasteiger partial charge in [-0.3, -0.25) is 0 Å². The van der Waals surface area contributed by atoms with E-state index in [0.29, 0.717) is 5.59 Å². The van der Waals surface area contributed by atoms with Gasteiger partial charge in [0.05, 0.1) is 11.2 Å². The zero-order valence-corrected chi connectivity index (χ0v) is 12.7. The molecule has 0 atom stereocenters. The molecule has 0 aliphatic rings. The molecule has 1 aromatic carbocycles. The third kappa shape index (κ3) is 2.90. The minimum absolute atomic E-state index is 0.586. The lowest BCUT2D eigenvalue weighted by molar-refractivity contribution is -0.0983. The minimum atomic E-state index is -1.11. The highest BCUT2D eigenvalue weighted by molar-refractivity contribution is 6.59. The zero-order chi connectivity index (χ0) is 15.1. The van der Waals surface area contributed by atoms with E-state index in [1.807, 2.05) is 31.2 Å². The summed E-state index contributed by atoms with van der Waals surface area (Å²) in [6, 6.07) is 7.90. The normalized spacial score (nSPS) is 12.9. The molecule has 1 heterocycles. The first kappa shape index (κ1) is 15.1. The summed E-state index contributed by atoms with van der Waals surface area (Å²) >= 11 is 0. The molecular formula is C15H22BNO3. The van der Waals surface area contributed by atoms with E-state index in [9.17, 15) is 10.1 Å². The molecule has 20 heavy (non-hydrogen) atoms. The zero-order valence-electron chi connectivity index (χ0n) is 12.7. The molecule has 3 N–H and O–H groups in total. The van der Waals surface area contributed by atoms with Gasteiger partial charge in [-0.2, -0.15) is 0 Å². The monoisotopic (exact) mass is 275 g/mol. The van der Waals surface area contributed by atoms with Crippen molar-refractivity contribution < 1.29 is 14.8 Å². The smallest absolute Gasteiger partial charge is 0.422 e. The van der Waals surface area contributed by atoms with Crippen LogP contribution in [-0.2, 0) is 4.65 Å². The summed E-state index contributed by atoms with van der Waals surface area (Å²) in [6.07, 6.45) is 0. The van der Waals surface area contributed by atoms with Crippen molar-refractivity contribution >= 4 is 23.6 Å². The highest BCUT2D eigenvalue weighted by atomic mass is 16.5. The predicted molar refractivity (Wildman–Crippen MR) is 82.1 cm³/mol. The van der Waals surface area contributed by atoms with Crippen LogP contribution in [0.3, 0.4) is 0 Å². The Bertz CT molecular complexity index is 613. The Labute approximate surface area is 119 Å². The topological polar surface area (TPSA) is 65.5 Å². The van der Waals surface area contributed by atoms with Crippen LogP contribution in [-0.4, -0.2) is 33.4 Å². The maximum atomic E-state index is 10.2. The second-order valence-electron chi connectivity index (χ2n) is 6.35. The van der Waals surface area contributed by atoms with Crippen LogP contribution in [0, 0.1) is 6.92 Å². The van der Waals surface area contributed by atoms with Crippen LogP contribution in [0.5, 0.6) is 0 Å². The fraction of sp³-hybridized carbons (Fsp3) is 0.467. The van der Waals surface area contributed by atoms with E-state index in [4.69, 9.17) is 4.65 Å². The number of benzene rings is 1. The lowest BCUT2D eigenvalue weighted by Crippen LogP contribution is -2.53.